The smallest absolute Gasteiger partial charge is 0.162 e. The Kier molecular flexibility index (Phi) is 1.78. The van der Waals surface area contributed by atoms with Crippen LogP contribution in [0.3, 0.4) is 0 Å². The van der Waals surface area contributed by atoms with E-state index in [-0.39, 0.29) is 11.8 Å². The highest BCUT2D eigenvalue weighted by atomic mass is 16.5. The third-order valence-corrected chi connectivity index (χ3v) is 2.82. The highest BCUT2D eigenvalue weighted by Crippen LogP contribution is 2.47. The second kappa shape index (κ2) is 3.13. The molecule has 1 aliphatic rings. The van der Waals surface area contributed by atoms with Crippen molar-refractivity contribution in [3.63, 3.8) is 0 Å². The molecule has 15 heavy (non-hydrogen) atoms. The molecule has 2 heterocycles. The van der Waals surface area contributed by atoms with Crippen LogP contribution in [0.25, 0.3) is 0 Å². The maximum Gasteiger partial charge on any atom is 0.162 e. The van der Waals surface area contributed by atoms with Crippen LogP contribution < -0.4 is 0 Å². The highest BCUT2D eigenvalue weighted by molar-refractivity contribution is 5.18. The summed E-state index contributed by atoms with van der Waals surface area (Å²) in [6.07, 6.45) is 3.22. The summed E-state index contributed by atoms with van der Waals surface area (Å²) in [4.78, 5) is 0. The van der Waals surface area contributed by atoms with Gasteiger partial charge in [-0.25, -0.2) is 0 Å². The van der Waals surface area contributed by atoms with Crippen molar-refractivity contribution in [2.75, 3.05) is 0 Å². The maximum absolute atomic E-state index is 9.88. The lowest BCUT2D eigenvalue weighted by atomic mass is 9.70. The first-order chi connectivity index (χ1) is 7.36. The fourth-order valence-corrected chi connectivity index (χ4v) is 1.88. The minimum atomic E-state index is -0.547. The summed E-state index contributed by atoms with van der Waals surface area (Å²) < 4.78 is 9.78. The molecule has 0 saturated heterocycles. The Hall–Kier alpha value is -1.76. The molecule has 7 heteroatoms. The predicted octanol–water partition coefficient (Wildman–Crippen LogP) is 0.0846. The number of rotatable bonds is 2. The highest BCUT2D eigenvalue weighted by Gasteiger charge is 2.45. The van der Waals surface area contributed by atoms with E-state index in [0.717, 1.165) is 6.42 Å². The molecule has 0 bridgehead atoms. The molecular formula is C8H8N4O3. The van der Waals surface area contributed by atoms with Crippen molar-refractivity contribution in [3.05, 3.63) is 23.9 Å². The van der Waals surface area contributed by atoms with Gasteiger partial charge in [0.25, 0.3) is 0 Å². The van der Waals surface area contributed by atoms with E-state index in [9.17, 15) is 5.11 Å². The van der Waals surface area contributed by atoms with Gasteiger partial charge in [0.05, 0.1) is 18.5 Å². The Labute approximate surface area is 84.0 Å². The third-order valence-electron chi connectivity index (χ3n) is 2.82. The van der Waals surface area contributed by atoms with Gasteiger partial charge in [-0.2, -0.15) is 0 Å². The largest absolute Gasteiger partial charge is 0.392 e. The van der Waals surface area contributed by atoms with Gasteiger partial charge < -0.3 is 14.2 Å². The minimum absolute atomic E-state index is 0.0601. The van der Waals surface area contributed by atoms with Crippen molar-refractivity contribution in [3.8, 4) is 0 Å². The zero-order chi connectivity index (χ0) is 10.3. The van der Waals surface area contributed by atoms with E-state index in [4.69, 9.17) is 9.05 Å². The van der Waals surface area contributed by atoms with Crippen molar-refractivity contribution in [1.29, 1.82) is 0 Å². The summed E-state index contributed by atoms with van der Waals surface area (Å²) in [7, 11) is 0. The van der Waals surface area contributed by atoms with E-state index in [1.54, 1.807) is 0 Å². The van der Waals surface area contributed by atoms with E-state index < -0.39 is 6.10 Å². The fourth-order valence-electron chi connectivity index (χ4n) is 1.88. The molecule has 0 aromatic carbocycles. The molecule has 0 aliphatic heterocycles. The maximum atomic E-state index is 9.88. The Morgan fingerprint density at radius 1 is 1.07 bits per heavy atom. The second-order valence-electron chi connectivity index (χ2n) is 3.58. The van der Waals surface area contributed by atoms with Gasteiger partial charge in [-0.15, -0.1) is 10.2 Å². The molecule has 1 aliphatic carbocycles. The molecular weight excluding hydrogens is 200 g/mol. The van der Waals surface area contributed by atoms with Gasteiger partial charge in [0.1, 0.15) is 0 Å². The van der Waals surface area contributed by atoms with Crippen molar-refractivity contribution in [2.45, 2.75) is 24.4 Å². The molecule has 0 spiro atoms. The van der Waals surface area contributed by atoms with Crippen LogP contribution in [0.2, 0.25) is 0 Å². The molecule has 2 atom stereocenters. The second-order valence-corrected chi connectivity index (χ2v) is 3.58. The summed E-state index contributed by atoms with van der Waals surface area (Å²) in [5.41, 5.74) is 0. The first-order valence-corrected chi connectivity index (χ1v) is 4.59. The average Bonchev–Trinajstić information content (AvgIpc) is 2.87. The summed E-state index contributed by atoms with van der Waals surface area (Å²) in [5.74, 6) is 1.09. The van der Waals surface area contributed by atoms with Gasteiger partial charge in [0, 0.05) is 22.4 Å². The molecule has 0 amide bonds. The molecule has 2 unspecified atom stereocenters. The monoisotopic (exact) mass is 208 g/mol. The molecule has 1 saturated carbocycles. The van der Waals surface area contributed by atoms with E-state index in [1.165, 1.54) is 12.4 Å². The lowest BCUT2D eigenvalue weighted by Crippen LogP contribution is -2.37. The van der Waals surface area contributed by atoms with Gasteiger partial charge in [-0.05, 0) is 6.42 Å². The Balaban J connectivity index is 1.76. The van der Waals surface area contributed by atoms with Crippen LogP contribution in [0.15, 0.2) is 21.4 Å². The quantitative estimate of drug-likeness (QED) is 0.746. The molecule has 7 nitrogen and oxygen atoms in total. The summed E-state index contributed by atoms with van der Waals surface area (Å²) in [6.45, 7) is 0. The number of aliphatic hydroxyl groups is 1. The van der Waals surface area contributed by atoms with Gasteiger partial charge >= 0.3 is 0 Å². The topological polar surface area (TPSA) is 98.1 Å². The van der Waals surface area contributed by atoms with Crippen LogP contribution in [-0.2, 0) is 0 Å². The zero-order valence-corrected chi connectivity index (χ0v) is 7.65. The lowest BCUT2D eigenvalue weighted by molar-refractivity contribution is 0.0152. The van der Waals surface area contributed by atoms with Gasteiger partial charge in [0.2, 0.25) is 0 Å². The average molecular weight is 208 g/mol. The summed E-state index contributed by atoms with van der Waals surface area (Å²) in [5, 5.41) is 23.7. The van der Waals surface area contributed by atoms with Crippen LogP contribution in [0.1, 0.15) is 29.8 Å². The van der Waals surface area contributed by atoms with Crippen LogP contribution in [0, 0.1) is 0 Å². The van der Waals surface area contributed by atoms with E-state index in [1.807, 2.05) is 0 Å². The van der Waals surface area contributed by atoms with Crippen molar-refractivity contribution in [2.24, 2.45) is 0 Å². The third kappa shape index (κ3) is 1.23. The molecule has 2 aromatic heterocycles. The number of nitrogens with zero attached hydrogens (tertiary/aromatic N) is 4. The van der Waals surface area contributed by atoms with Crippen LogP contribution in [-0.4, -0.2) is 32.0 Å². The first kappa shape index (κ1) is 8.54. The Bertz CT molecular complexity index is 386. The van der Waals surface area contributed by atoms with E-state index >= 15 is 0 Å². The molecule has 3 rings (SSSR count). The molecule has 78 valence electrons. The summed E-state index contributed by atoms with van der Waals surface area (Å²) >= 11 is 0. The number of aromatic nitrogens is 4. The Morgan fingerprint density at radius 3 is 1.93 bits per heavy atom. The predicted molar refractivity (Wildman–Crippen MR) is 44.7 cm³/mol. The minimum Gasteiger partial charge on any atom is -0.392 e. The molecule has 1 fully saturated rings. The number of hydrogen-bond acceptors (Lipinski definition) is 7. The van der Waals surface area contributed by atoms with Gasteiger partial charge in [-0.3, -0.25) is 0 Å². The molecule has 2 aromatic rings. The standard InChI is InChI=1S/C8H8N4O3/c13-8-4(6-2-9-11-14-6)1-5(8)7-3-10-12-15-7/h2-5,8,13H,1H2. The van der Waals surface area contributed by atoms with Crippen molar-refractivity contribution < 1.29 is 14.2 Å². The van der Waals surface area contributed by atoms with Crippen LogP contribution in [0.4, 0.5) is 0 Å². The van der Waals surface area contributed by atoms with E-state index in [0.29, 0.717) is 11.5 Å². The van der Waals surface area contributed by atoms with Crippen molar-refractivity contribution in [1.82, 2.24) is 20.7 Å². The fraction of sp³-hybridized carbons (Fsp3) is 0.500. The number of hydrogen-bond donors (Lipinski definition) is 1. The Morgan fingerprint density at radius 2 is 1.60 bits per heavy atom. The van der Waals surface area contributed by atoms with Crippen molar-refractivity contribution >= 4 is 0 Å². The van der Waals surface area contributed by atoms with Gasteiger partial charge in [-0.1, -0.05) is 0 Å². The van der Waals surface area contributed by atoms with Gasteiger partial charge in [0.15, 0.2) is 11.5 Å². The van der Waals surface area contributed by atoms with E-state index in [2.05, 4.69) is 20.7 Å². The van der Waals surface area contributed by atoms with Crippen LogP contribution >= 0.6 is 0 Å². The van der Waals surface area contributed by atoms with Crippen LogP contribution in [0.5, 0.6) is 0 Å². The normalized spacial score (nSPS) is 30.1. The first-order valence-electron chi connectivity index (χ1n) is 4.59. The lowest BCUT2D eigenvalue weighted by Gasteiger charge is -2.37. The number of aliphatic hydroxyl groups excluding tert-OH is 1. The molecule has 0 radical (unpaired) electrons. The SMILES string of the molecule is OC1C(c2cnno2)CC1c1cnno1. The molecule has 1 N–H and O–H groups in total. The summed E-state index contributed by atoms with van der Waals surface area (Å²) in [6, 6.07) is 0. The zero-order valence-electron chi connectivity index (χ0n) is 7.65.